The van der Waals surface area contributed by atoms with Crippen molar-refractivity contribution in [3.63, 3.8) is 0 Å². The normalized spacial score (nSPS) is 34.0. The average molecular weight is 212 g/mol. The van der Waals surface area contributed by atoms with Gasteiger partial charge in [-0.15, -0.1) is 0 Å². The van der Waals surface area contributed by atoms with Crippen molar-refractivity contribution in [1.29, 1.82) is 0 Å². The van der Waals surface area contributed by atoms with Crippen LogP contribution in [0.1, 0.15) is 65.7 Å². The molecular formula is C14H28O. The average Bonchev–Trinajstić information content (AvgIpc) is 2.20. The number of hydrogen-bond acceptors (Lipinski definition) is 1. The third kappa shape index (κ3) is 4.55. The highest BCUT2D eigenvalue weighted by molar-refractivity contribution is 4.76. The van der Waals surface area contributed by atoms with Gasteiger partial charge in [-0.05, 0) is 43.4 Å². The van der Waals surface area contributed by atoms with E-state index in [0.717, 1.165) is 37.0 Å². The molecule has 1 aliphatic rings. The van der Waals surface area contributed by atoms with E-state index >= 15 is 0 Å². The van der Waals surface area contributed by atoms with Crippen molar-refractivity contribution in [3.8, 4) is 0 Å². The maximum atomic E-state index is 9.70. The second-order valence-corrected chi connectivity index (χ2v) is 5.65. The van der Waals surface area contributed by atoms with Gasteiger partial charge in [0.25, 0.3) is 0 Å². The van der Waals surface area contributed by atoms with Gasteiger partial charge in [-0.3, -0.25) is 0 Å². The summed E-state index contributed by atoms with van der Waals surface area (Å²) >= 11 is 0. The van der Waals surface area contributed by atoms with Gasteiger partial charge in [0.2, 0.25) is 0 Å². The van der Waals surface area contributed by atoms with Gasteiger partial charge in [0, 0.05) is 0 Å². The van der Waals surface area contributed by atoms with Crippen molar-refractivity contribution in [3.05, 3.63) is 0 Å². The first kappa shape index (κ1) is 13.0. The maximum Gasteiger partial charge on any atom is 0.0540 e. The van der Waals surface area contributed by atoms with Crippen molar-refractivity contribution in [1.82, 2.24) is 0 Å². The van der Waals surface area contributed by atoms with Crippen LogP contribution in [0.15, 0.2) is 0 Å². The minimum Gasteiger partial charge on any atom is -0.393 e. The molecule has 90 valence electrons. The Morgan fingerprint density at radius 2 is 1.87 bits per heavy atom. The third-order valence-electron chi connectivity index (χ3n) is 4.24. The fourth-order valence-corrected chi connectivity index (χ4v) is 2.83. The van der Waals surface area contributed by atoms with Gasteiger partial charge in [-0.2, -0.15) is 0 Å². The van der Waals surface area contributed by atoms with Crippen LogP contribution in [0, 0.1) is 17.8 Å². The van der Waals surface area contributed by atoms with Crippen molar-refractivity contribution in [2.24, 2.45) is 17.8 Å². The summed E-state index contributed by atoms with van der Waals surface area (Å²) in [5.74, 6) is 2.71. The second-order valence-electron chi connectivity index (χ2n) is 5.65. The lowest BCUT2D eigenvalue weighted by molar-refractivity contribution is 0.128. The van der Waals surface area contributed by atoms with Crippen molar-refractivity contribution in [2.75, 3.05) is 0 Å². The molecule has 0 aromatic heterocycles. The molecular weight excluding hydrogens is 184 g/mol. The quantitative estimate of drug-likeness (QED) is 0.730. The molecule has 0 amide bonds. The van der Waals surface area contributed by atoms with Gasteiger partial charge in [0.1, 0.15) is 0 Å². The number of aliphatic hydroxyl groups excluding tert-OH is 1. The van der Waals surface area contributed by atoms with Gasteiger partial charge < -0.3 is 5.11 Å². The molecule has 0 aromatic rings. The van der Waals surface area contributed by atoms with E-state index in [0.29, 0.717) is 0 Å². The molecule has 1 N–H and O–H groups in total. The fraction of sp³-hybridized carbons (Fsp3) is 1.00. The van der Waals surface area contributed by atoms with Crippen LogP contribution in [0.25, 0.3) is 0 Å². The molecule has 1 aliphatic carbocycles. The number of hydrogen-bond donors (Lipinski definition) is 1. The van der Waals surface area contributed by atoms with Crippen molar-refractivity contribution in [2.45, 2.75) is 71.8 Å². The molecule has 0 bridgehead atoms. The Hall–Kier alpha value is -0.0400. The Morgan fingerprint density at radius 3 is 2.47 bits per heavy atom. The van der Waals surface area contributed by atoms with Gasteiger partial charge in [0.05, 0.1) is 6.10 Å². The highest BCUT2D eigenvalue weighted by Gasteiger charge is 2.24. The largest absolute Gasteiger partial charge is 0.393 e. The van der Waals surface area contributed by atoms with Crippen LogP contribution in [0.3, 0.4) is 0 Å². The van der Waals surface area contributed by atoms with Crippen LogP contribution >= 0.6 is 0 Å². The Morgan fingerprint density at radius 1 is 1.13 bits per heavy atom. The maximum absolute atomic E-state index is 9.70. The van der Waals surface area contributed by atoms with Crippen LogP contribution in [-0.2, 0) is 0 Å². The van der Waals surface area contributed by atoms with Gasteiger partial charge in [-0.1, -0.05) is 40.0 Å². The molecule has 1 nitrogen and oxygen atoms in total. The third-order valence-corrected chi connectivity index (χ3v) is 4.24. The standard InChI is InChI=1S/C14H28O/c1-4-5-14(15)9-8-13-7-6-11(2)12(3)10-13/h11-15H,4-10H2,1-3H3. The van der Waals surface area contributed by atoms with Crippen LogP contribution in [0.2, 0.25) is 0 Å². The molecule has 0 radical (unpaired) electrons. The second kappa shape index (κ2) is 6.52. The summed E-state index contributed by atoms with van der Waals surface area (Å²) in [4.78, 5) is 0. The molecule has 4 unspecified atom stereocenters. The first-order valence-corrected chi connectivity index (χ1v) is 6.81. The molecule has 4 atom stereocenters. The molecule has 0 aliphatic heterocycles. The van der Waals surface area contributed by atoms with E-state index in [1.807, 2.05) is 0 Å². The highest BCUT2D eigenvalue weighted by Crippen LogP contribution is 2.35. The van der Waals surface area contributed by atoms with Crippen molar-refractivity contribution >= 4 is 0 Å². The summed E-state index contributed by atoms with van der Waals surface area (Å²) in [6.45, 7) is 6.92. The smallest absolute Gasteiger partial charge is 0.0540 e. The first-order valence-electron chi connectivity index (χ1n) is 6.81. The van der Waals surface area contributed by atoms with E-state index in [9.17, 15) is 5.11 Å². The van der Waals surface area contributed by atoms with Gasteiger partial charge >= 0.3 is 0 Å². The zero-order valence-electron chi connectivity index (χ0n) is 10.7. The molecule has 15 heavy (non-hydrogen) atoms. The van der Waals surface area contributed by atoms with Gasteiger partial charge in [-0.25, -0.2) is 0 Å². The summed E-state index contributed by atoms with van der Waals surface area (Å²) in [6.07, 6.45) is 8.51. The van der Waals surface area contributed by atoms with E-state index in [1.165, 1.54) is 25.7 Å². The summed E-state index contributed by atoms with van der Waals surface area (Å²) in [6, 6.07) is 0. The zero-order valence-corrected chi connectivity index (χ0v) is 10.7. The predicted octanol–water partition coefficient (Wildman–Crippen LogP) is 4.00. The first-order chi connectivity index (χ1) is 7.13. The van der Waals surface area contributed by atoms with E-state index in [2.05, 4.69) is 20.8 Å². The Bertz CT molecular complexity index is 167. The minimum absolute atomic E-state index is 0.0374. The lowest BCUT2D eigenvalue weighted by atomic mass is 9.74. The fourth-order valence-electron chi connectivity index (χ4n) is 2.83. The lowest BCUT2D eigenvalue weighted by Gasteiger charge is -2.32. The zero-order chi connectivity index (χ0) is 11.3. The van der Waals surface area contributed by atoms with E-state index in [-0.39, 0.29) is 6.10 Å². The van der Waals surface area contributed by atoms with E-state index in [4.69, 9.17) is 0 Å². The summed E-state index contributed by atoms with van der Waals surface area (Å²) in [5, 5.41) is 9.70. The topological polar surface area (TPSA) is 20.2 Å². The molecule has 0 heterocycles. The van der Waals surface area contributed by atoms with Crippen LogP contribution in [0.4, 0.5) is 0 Å². The molecule has 1 saturated carbocycles. The molecule has 0 aromatic carbocycles. The summed E-state index contributed by atoms with van der Waals surface area (Å²) in [7, 11) is 0. The highest BCUT2D eigenvalue weighted by atomic mass is 16.3. The Labute approximate surface area is 95.3 Å². The molecule has 0 saturated heterocycles. The van der Waals surface area contributed by atoms with Crippen LogP contribution in [-0.4, -0.2) is 11.2 Å². The minimum atomic E-state index is -0.0374. The molecule has 1 heteroatoms. The summed E-state index contributed by atoms with van der Waals surface area (Å²) in [5.41, 5.74) is 0. The molecule has 0 spiro atoms. The number of rotatable bonds is 5. The lowest BCUT2D eigenvalue weighted by Crippen LogP contribution is -2.21. The molecule has 1 fully saturated rings. The SMILES string of the molecule is CCCC(O)CCC1CCC(C)C(C)C1. The van der Waals surface area contributed by atoms with Gasteiger partial charge in [0.15, 0.2) is 0 Å². The Kier molecular flexibility index (Phi) is 5.66. The number of aliphatic hydroxyl groups is 1. The van der Waals surface area contributed by atoms with E-state index < -0.39 is 0 Å². The monoisotopic (exact) mass is 212 g/mol. The van der Waals surface area contributed by atoms with Crippen molar-refractivity contribution < 1.29 is 5.11 Å². The Balaban J connectivity index is 2.16. The van der Waals surface area contributed by atoms with E-state index in [1.54, 1.807) is 0 Å². The summed E-state index contributed by atoms with van der Waals surface area (Å²) < 4.78 is 0. The predicted molar refractivity (Wildman–Crippen MR) is 65.8 cm³/mol. The van der Waals surface area contributed by atoms with Crippen LogP contribution in [0.5, 0.6) is 0 Å². The molecule has 1 rings (SSSR count). The van der Waals surface area contributed by atoms with Crippen LogP contribution < -0.4 is 0 Å².